The fraction of sp³-hybridized carbons (Fsp3) is 0.182. The molecule has 0 aliphatic carbocycles. The van der Waals surface area contributed by atoms with E-state index in [2.05, 4.69) is 9.97 Å². The van der Waals surface area contributed by atoms with Crippen molar-refractivity contribution in [2.24, 2.45) is 7.05 Å². The first-order valence-electron chi connectivity index (χ1n) is 4.95. The van der Waals surface area contributed by atoms with Gasteiger partial charge >= 0.3 is 5.97 Å². The quantitative estimate of drug-likeness (QED) is 0.837. The zero-order valence-corrected chi connectivity index (χ0v) is 10.0. The lowest BCUT2D eigenvalue weighted by Crippen LogP contribution is -1.98. The summed E-state index contributed by atoms with van der Waals surface area (Å²) in [6, 6.07) is 3.04. The molecule has 0 aliphatic rings. The molecular weight excluding hydrogens is 238 g/mol. The zero-order valence-electron chi connectivity index (χ0n) is 9.20. The molecule has 2 aromatic heterocycles. The number of carbonyl (C=O) groups is 1. The van der Waals surface area contributed by atoms with E-state index in [0.29, 0.717) is 10.8 Å². The minimum absolute atomic E-state index is 0.252. The first-order valence-corrected chi connectivity index (χ1v) is 5.94. The summed E-state index contributed by atoms with van der Waals surface area (Å²) < 4.78 is 1.92. The van der Waals surface area contributed by atoms with E-state index in [0.717, 1.165) is 5.82 Å². The van der Waals surface area contributed by atoms with Gasteiger partial charge in [0.15, 0.2) is 0 Å². The molecule has 0 radical (unpaired) electrons. The lowest BCUT2D eigenvalue weighted by molar-refractivity contribution is 0.0696. The van der Waals surface area contributed by atoms with Crippen LogP contribution < -0.4 is 0 Å². The van der Waals surface area contributed by atoms with Crippen molar-refractivity contribution in [1.29, 1.82) is 0 Å². The topological polar surface area (TPSA) is 68.0 Å². The molecule has 6 heteroatoms. The fourth-order valence-electron chi connectivity index (χ4n) is 1.30. The molecule has 17 heavy (non-hydrogen) atoms. The van der Waals surface area contributed by atoms with Crippen LogP contribution >= 0.6 is 11.8 Å². The molecule has 0 bridgehead atoms. The first kappa shape index (κ1) is 11.7. The summed E-state index contributed by atoms with van der Waals surface area (Å²) >= 11 is 1.47. The van der Waals surface area contributed by atoms with Crippen LogP contribution in [-0.4, -0.2) is 25.6 Å². The minimum atomic E-state index is -0.939. The second kappa shape index (κ2) is 5.01. The predicted molar refractivity (Wildman–Crippen MR) is 64.0 cm³/mol. The van der Waals surface area contributed by atoms with Crippen LogP contribution in [0.4, 0.5) is 0 Å². The van der Waals surface area contributed by atoms with Crippen molar-refractivity contribution < 1.29 is 9.90 Å². The van der Waals surface area contributed by atoms with Gasteiger partial charge < -0.3 is 9.67 Å². The molecule has 2 heterocycles. The Morgan fingerprint density at radius 2 is 2.29 bits per heavy atom. The number of nitrogens with zero attached hydrogens (tertiary/aromatic N) is 3. The molecule has 0 fully saturated rings. The van der Waals surface area contributed by atoms with Gasteiger partial charge in [-0.3, -0.25) is 0 Å². The van der Waals surface area contributed by atoms with Crippen LogP contribution in [0, 0.1) is 0 Å². The van der Waals surface area contributed by atoms with Crippen LogP contribution in [0.1, 0.15) is 16.2 Å². The Balaban J connectivity index is 2.07. The molecule has 5 nitrogen and oxygen atoms in total. The number of pyridine rings is 1. The normalized spacial score (nSPS) is 10.4. The summed E-state index contributed by atoms with van der Waals surface area (Å²) in [4.78, 5) is 19.1. The third-order valence-corrected chi connectivity index (χ3v) is 3.17. The summed E-state index contributed by atoms with van der Waals surface area (Å²) in [5.41, 5.74) is 0.252. The number of hydrogen-bond donors (Lipinski definition) is 1. The maximum Gasteiger partial charge on any atom is 0.335 e. The molecule has 0 amide bonds. The Bertz CT molecular complexity index is 539. The molecule has 0 saturated heterocycles. The third kappa shape index (κ3) is 2.85. The Labute approximate surface area is 103 Å². The maximum absolute atomic E-state index is 10.8. The number of aromatic nitrogens is 3. The standard InChI is InChI=1S/C11H11N3O2S/c1-14-5-4-12-9(14)7-17-10-6-8(11(15)16)2-3-13-10/h2-6H,7H2,1H3,(H,15,16). The SMILES string of the molecule is Cn1ccnc1CSc1cc(C(=O)O)ccn1. The Morgan fingerprint density at radius 3 is 2.94 bits per heavy atom. The molecule has 88 valence electrons. The van der Waals surface area contributed by atoms with Gasteiger partial charge in [-0.1, -0.05) is 11.8 Å². The maximum atomic E-state index is 10.8. The van der Waals surface area contributed by atoms with E-state index in [1.54, 1.807) is 12.3 Å². The van der Waals surface area contributed by atoms with Crippen LogP contribution in [0.25, 0.3) is 0 Å². The van der Waals surface area contributed by atoms with E-state index in [4.69, 9.17) is 5.11 Å². The fourth-order valence-corrected chi connectivity index (χ4v) is 2.20. The number of aryl methyl sites for hydroxylation is 1. The molecule has 0 atom stereocenters. The molecular formula is C11H11N3O2S. The van der Waals surface area contributed by atoms with Crippen molar-refractivity contribution in [1.82, 2.24) is 14.5 Å². The number of aromatic carboxylic acids is 1. The zero-order chi connectivity index (χ0) is 12.3. The number of carboxylic acids is 1. The van der Waals surface area contributed by atoms with Crippen LogP contribution in [0.15, 0.2) is 35.7 Å². The van der Waals surface area contributed by atoms with Crippen LogP contribution in [-0.2, 0) is 12.8 Å². The molecule has 2 aromatic rings. The highest BCUT2D eigenvalue weighted by Crippen LogP contribution is 2.20. The molecule has 0 aliphatic heterocycles. The van der Waals surface area contributed by atoms with E-state index in [-0.39, 0.29) is 5.56 Å². The highest BCUT2D eigenvalue weighted by Gasteiger charge is 2.06. The van der Waals surface area contributed by atoms with Crippen LogP contribution in [0.5, 0.6) is 0 Å². The second-order valence-electron chi connectivity index (χ2n) is 3.43. The van der Waals surface area contributed by atoms with Crippen molar-refractivity contribution in [3.05, 3.63) is 42.1 Å². The number of rotatable bonds is 4. The predicted octanol–water partition coefficient (Wildman–Crippen LogP) is 1.81. The van der Waals surface area contributed by atoms with Gasteiger partial charge in [0.25, 0.3) is 0 Å². The van der Waals surface area contributed by atoms with Gasteiger partial charge in [-0.15, -0.1) is 0 Å². The third-order valence-electron chi connectivity index (χ3n) is 2.25. The van der Waals surface area contributed by atoms with Gasteiger partial charge in [-0.05, 0) is 12.1 Å². The van der Waals surface area contributed by atoms with Crippen LogP contribution in [0.3, 0.4) is 0 Å². The summed E-state index contributed by atoms with van der Waals surface area (Å²) in [5, 5.41) is 9.54. The number of imidazole rings is 1. The van der Waals surface area contributed by atoms with Gasteiger partial charge in [0.05, 0.1) is 16.3 Å². The Kier molecular flexibility index (Phi) is 3.43. The van der Waals surface area contributed by atoms with Gasteiger partial charge in [-0.2, -0.15) is 0 Å². The minimum Gasteiger partial charge on any atom is -0.478 e. The van der Waals surface area contributed by atoms with E-state index in [1.165, 1.54) is 24.0 Å². The average molecular weight is 249 g/mol. The highest BCUT2D eigenvalue weighted by molar-refractivity contribution is 7.98. The largest absolute Gasteiger partial charge is 0.478 e. The summed E-state index contributed by atoms with van der Waals surface area (Å²) in [6.07, 6.45) is 5.11. The number of hydrogen-bond acceptors (Lipinski definition) is 4. The molecule has 0 unspecified atom stereocenters. The molecule has 1 N–H and O–H groups in total. The van der Waals surface area contributed by atoms with E-state index < -0.39 is 5.97 Å². The Morgan fingerprint density at radius 1 is 1.47 bits per heavy atom. The van der Waals surface area contributed by atoms with Gasteiger partial charge in [0.1, 0.15) is 5.82 Å². The monoisotopic (exact) mass is 249 g/mol. The number of carboxylic acid groups (broad SMARTS) is 1. The lowest BCUT2D eigenvalue weighted by Gasteiger charge is -2.02. The lowest BCUT2D eigenvalue weighted by atomic mass is 10.3. The van der Waals surface area contributed by atoms with E-state index in [9.17, 15) is 4.79 Å². The summed E-state index contributed by atoms with van der Waals surface area (Å²) in [7, 11) is 1.92. The molecule has 0 aromatic carbocycles. The van der Waals surface area contributed by atoms with Crippen molar-refractivity contribution >= 4 is 17.7 Å². The second-order valence-corrected chi connectivity index (χ2v) is 4.43. The van der Waals surface area contributed by atoms with Gasteiger partial charge in [0, 0.05) is 25.6 Å². The number of thioether (sulfide) groups is 1. The van der Waals surface area contributed by atoms with Gasteiger partial charge in [-0.25, -0.2) is 14.8 Å². The van der Waals surface area contributed by atoms with E-state index >= 15 is 0 Å². The van der Waals surface area contributed by atoms with Crippen molar-refractivity contribution in [2.75, 3.05) is 0 Å². The highest BCUT2D eigenvalue weighted by atomic mass is 32.2. The van der Waals surface area contributed by atoms with Crippen molar-refractivity contribution in [3.8, 4) is 0 Å². The average Bonchev–Trinajstić information content (AvgIpc) is 2.72. The summed E-state index contributed by atoms with van der Waals surface area (Å²) in [5.74, 6) is 0.656. The molecule has 0 saturated carbocycles. The first-order chi connectivity index (χ1) is 8.16. The van der Waals surface area contributed by atoms with Gasteiger partial charge in [0.2, 0.25) is 0 Å². The van der Waals surface area contributed by atoms with Crippen molar-refractivity contribution in [3.63, 3.8) is 0 Å². The molecule has 0 spiro atoms. The smallest absolute Gasteiger partial charge is 0.335 e. The summed E-state index contributed by atoms with van der Waals surface area (Å²) in [6.45, 7) is 0. The molecule has 2 rings (SSSR count). The van der Waals surface area contributed by atoms with Crippen LogP contribution in [0.2, 0.25) is 0 Å². The van der Waals surface area contributed by atoms with Crippen molar-refractivity contribution in [2.45, 2.75) is 10.8 Å². The Hall–Kier alpha value is -1.82. The van der Waals surface area contributed by atoms with E-state index in [1.807, 2.05) is 17.8 Å².